The minimum absolute atomic E-state index is 0.112. The lowest BCUT2D eigenvalue weighted by molar-refractivity contribution is 0.198. The Bertz CT molecular complexity index is 426. The molecule has 0 bridgehead atoms. The number of nitrogens with zero attached hydrogens (tertiary/aromatic N) is 1. The average Bonchev–Trinajstić information content (AvgIpc) is 2.46. The van der Waals surface area contributed by atoms with E-state index in [9.17, 15) is 0 Å². The molecule has 0 amide bonds. The molecule has 2 heteroatoms. The summed E-state index contributed by atoms with van der Waals surface area (Å²) in [6.45, 7) is 12.6. The minimum atomic E-state index is 0.112. The van der Waals surface area contributed by atoms with Gasteiger partial charge in [-0.3, -0.25) is 0 Å². The van der Waals surface area contributed by atoms with Gasteiger partial charge in [-0.05, 0) is 48.4 Å². The molecule has 0 aromatic heterocycles. The van der Waals surface area contributed by atoms with Crippen LogP contribution in [0.15, 0.2) is 24.3 Å². The van der Waals surface area contributed by atoms with Crippen LogP contribution in [0.5, 0.6) is 0 Å². The maximum atomic E-state index is 6.72. The molecule has 21 heavy (non-hydrogen) atoms. The largest absolute Gasteiger partial charge is 0.303 e. The summed E-state index contributed by atoms with van der Waals surface area (Å²) >= 11 is 6.72. The van der Waals surface area contributed by atoms with Crippen LogP contribution in [0.2, 0.25) is 0 Å². The molecule has 1 fully saturated rings. The third kappa shape index (κ3) is 4.72. The van der Waals surface area contributed by atoms with Crippen molar-refractivity contribution >= 4 is 11.6 Å². The molecule has 0 saturated carbocycles. The summed E-state index contributed by atoms with van der Waals surface area (Å²) in [7, 11) is 0. The number of rotatable bonds is 4. The molecule has 0 radical (unpaired) electrons. The summed E-state index contributed by atoms with van der Waals surface area (Å²) < 4.78 is 0. The Morgan fingerprint density at radius 1 is 1.05 bits per heavy atom. The SMILES string of the molecule is CC(CN1CCCCC1)C(Cl)c1ccc(C(C)(C)C)cc1. The molecule has 1 aliphatic heterocycles. The van der Waals surface area contributed by atoms with E-state index in [1.807, 2.05) is 0 Å². The lowest BCUT2D eigenvalue weighted by atomic mass is 9.86. The molecule has 1 saturated heterocycles. The van der Waals surface area contributed by atoms with E-state index in [0.29, 0.717) is 5.92 Å². The topological polar surface area (TPSA) is 3.24 Å². The third-order valence-electron chi connectivity index (χ3n) is 4.59. The molecule has 2 atom stereocenters. The molecular formula is C19H30ClN. The zero-order chi connectivity index (χ0) is 15.5. The van der Waals surface area contributed by atoms with Crippen molar-refractivity contribution in [3.8, 4) is 0 Å². The van der Waals surface area contributed by atoms with Gasteiger partial charge in [-0.15, -0.1) is 11.6 Å². The summed E-state index contributed by atoms with van der Waals surface area (Å²) in [6.07, 6.45) is 4.09. The van der Waals surface area contributed by atoms with E-state index in [1.165, 1.54) is 43.5 Å². The molecule has 2 rings (SSSR count). The van der Waals surface area contributed by atoms with Gasteiger partial charge in [0.1, 0.15) is 0 Å². The monoisotopic (exact) mass is 307 g/mol. The van der Waals surface area contributed by atoms with Crippen molar-refractivity contribution in [1.82, 2.24) is 4.90 Å². The van der Waals surface area contributed by atoms with Gasteiger partial charge in [0.2, 0.25) is 0 Å². The summed E-state index contributed by atoms with van der Waals surface area (Å²) in [5.41, 5.74) is 2.84. The highest BCUT2D eigenvalue weighted by Crippen LogP contribution is 2.32. The Labute approximate surface area is 135 Å². The minimum Gasteiger partial charge on any atom is -0.303 e. The Morgan fingerprint density at radius 2 is 1.62 bits per heavy atom. The second kappa shape index (κ2) is 7.15. The number of halogens is 1. The van der Waals surface area contributed by atoms with Crippen LogP contribution in [0, 0.1) is 5.92 Å². The fourth-order valence-corrected chi connectivity index (χ4v) is 3.36. The normalized spacial score (nSPS) is 20.2. The van der Waals surface area contributed by atoms with Gasteiger partial charge in [0.05, 0.1) is 5.38 Å². The number of likely N-dealkylation sites (tertiary alicyclic amines) is 1. The maximum Gasteiger partial charge on any atom is 0.0622 e. The van der Waals surface area contributed by atoms with Crippen molar-refractivity contribution in [2.45, 2.75) is 57.7 Å². The Hall–Kier alpha value is -0.530. The van der Waals surface area contributed by atoms with Gasteiger partial charge in [0.15, 0.2) is 0 Å². The highest BCUT2D eigenvalue weighted by molar-refractivity contribution is 6.21. The first-order chi connectivity index (χ1) is 9.88. The molecule has 1 heterocycles. The zero-order valence-electron chi connectivity index (χ0n) is 14.0. The number of hydrogen-bond acceptors (Lipinski definition) is 1. The molecule has 0 spiro atoms. The van der Waals surface area contributed by atoms with E-state index in [2.05, 4.69) is 56.9 Å². The molecule has 1 nitrogen and oxygen atoms in total. The smallest absolute Gasteiger partial charge is 0.0622 e. The van der Waals surface area contributed by atoms with Gasteiger partial charge < -0.3 is 4.90 Å². The Kier molecular flexibility index (Phi) is 5.73. The van der Waals surface area contributed by atoms with Gasteiger partial charge in [0.25, 0.3) is 0 Å². The summed E-state index contributed by atoms with van der Waals surface area (Å²) in [6, 6.07) is 8.90. The quantitative estimate of drug-likeness (QED) is 0.674. The maximum absolute atomic E-state index is 6.72. The van der Waals surface area contributed by atoms with Gasteiger partial charge in [-0.25, -0.2) is 0 Å². The fraction of sp³-hybridized carbons (Fsp3) is 0.684. The predicted molar refractivity (Wildman–Crippen MR) is 93.2 cm³/mol. The number of piperidine rings is 1. The first kappa shape index (κ1) is 16.8. The first-order valence-corrected chi connectivity index (χ1v) is 8.78. The summed E-state index contributed by atoms with van der Waals surface area (Å²) in [5, 5.41) is 0.112. The highest BCUT2D eigenvalue weighted by Gasteiger charge is 2.21. The third-order valence-corrected chi connectivity index (χ3v) is 5.27. The molecule has 1 aliphatic rings. The van der Waals surface area contributed by atoms with E-state index in [4.69, 9.17) is 11.6 Å². The van der Waals surface area contributed by atoms with Crippen LogP contribution in [0.3, 0.4) is 0 Å². The van der Waals surface area contributed by atoms with Gasteiger partial charge in [-0.2, -0.15) is 0 Å². The zero-order valence-corrected chi connectivity index (χ0v) is 14.8. The van der Waals surface area contributed by atoms with E-state index >= 15 is 0 Å². The van der Waals surface area contributed by atoms with Crippen molar-refractivity contribution in [3.63, 3.8) is 0 Å². The Balaban J connectivity index is 1.96. The van der Waals surface area contributed by atoms with Gasteiger partial charge in [0, 0.05) is 6.54 Å². The van der Waals surface area contributed by atoms with Crippen molar-refractivity contribution in [3.05, 3.63) is 35.4 Å². The summed E-state index contributed by atoms with van der Waals surface area (Å²) in [4.78, 5) is 2.58. The van der Waals surface area contributed by atoms with Crippen LogP contribution < -0.4 is 0 Å². The molecule has 118 valence electrons. The lowest BCUT2D eigenvalue weighted by Gasteiger charge is -2.31. The average molecular weight is 308 g/mol. The van der Waals surface area contributed by atoms with E-state index in [-0.39, 0.29) is 10.8 Å². The van der Waals surface area contributed by atoms with Crippen LogP contribution in [-0.2, 0) is 5.41 Å². The molecule has 1 aromatic rings. The van der Waals surface area contributed by atoms with Crippen molar-refractivity contribution in [2.75, 3.05) is 19.6 Å². The van der Waals surface area contributed by atoms with E-state index in [0.717, 1.165) is 6.54 Å². The number of hydrogen-bond donors (Lipinski definition) is 0. The fourth-order valence-electron chi connectivity index (χ4n) is 3.14. The first-order valence-electron chi connectivity index (χ1n) is 8.35. The highest BCUT2D eigenvalue weighted by atomic mass is 35.5. The predicted octanol–water partition coefficient (Wildman–Crippen LogP) is 5.39. The van der Waals surface area contributed by atoms with Crippen molar-refractivity contribution in [1.29, 1.82) is 0 Å². The van der Waals surface area contributed by atoms with Crippen LogP contribution >= 0.6 is 11.6 Å². The molecule has 1 aromatic carbocycles. The van der Waals surface area contributed by atoms with Crippen LogP contribution in [0.25, 0.3) is 0 Å². The van der Waals surface area contributed by atoms with E-state index in [1.54, 1.807) is 0 Å². The Morgan fingerprint density at radius 3 is 2.14 bits per heavy atom. The van der Waals surface area contributed by atoms with Gasteiger partial charge >= 0.3 is 0 Å². The van der Waals surface area contributed by atoms with Gasteiger partial charge in [-0.1, -0.05) is 58.4 Å². The second-order valence-electron chi connectivity index (χ2n) is 7.61. The number of benzene rings is 1. The van der Waals surface area contributed by atoms with Crippen LogP contribution in [0.4, 0.5) is 0 Å². The second-order valence-corrected chi connectivity index (χ2v) is 8.08. The van der Waals surface area contributed by atoms with Crippen molar-refractivity contribution < 1.29 is 0 Å². The number of alkyl halides is 1. The van der Waals surface area contributed by atoms with Crippen molar-refractivity contribution in [2.24, 2.45) is 5.92 Å². The summed E-state index contributed by atoms with van der Waals surface area (Å²) in [5.74, 6) is 0.491. The molecule has 0 aliphatic carbocycles. The van der Waals surface area contributed by atoms with Crippen LogP contribution in [0.1, 0.15) is 63.5 Å². The van der Waals surface area contributed by atoms with Crippen LogP contribution in [-0.4, -0.2) is 24.5 Å². The van der Waals surface area contributed by atoms with E-state index < -0.39 is 0 Å². The molecule has 0 N–H and O–H groups in total. The molecule has 2 unspecified atom stereocenters. The molecular weight excluding hydrogens is 278 g/mol. The standard InChI is InChI=1S/C19H30ClN/c1-15(14-21-12-6-5-7-13-21)18(20)16-8-10-17(11-9-16)19(2,3)4/h8-11,15,18H,5-7,12-14H2,1-4H3. The lowest BCUT2D eigenvalue weighted by Crippen LogP contribution is -2.34.